The monoisotopic (exact) mass is 442 g/mol. The van der Waals surface area contributed by atoms with Crippen LogP contribution >= 0.6 is 0 Å². The Hall–Kier alpha value is -2.62. The molecule has 1 aromatic carbocycles. The molecule has 1 N–H and O–H groups in total. The number of carbonyl (C=O) groups is 3. The van der Waals surface area contributed by atoms with Gasteiger partial charge in [-0.05, 0) is 31.0 Å². The minimum Gasteiger partial charge on any atom is -0.489 e. The molecular weight excluding hydrogens is 417 g/mol. The summed E-state index contributed by atoms with van der Waals surface area (Å²) in [6, 6.07) is 2.79. The van der Waals surface area contributed by atoms with Crippen LogP contribution in [-0.4, -0.2) is 49.5 Å². The van der Waals surface area contributed by atoms with Gasteiger partial charge in [-0.2, -0.15) is 13.2 Å². The van der Waals surface area contributed by atoms with E-state index in [0.29, 0.717) is 12.8 Å². The van der Waals surface area contributed by atoms with E-state index in [9.17, 15) is 27.6 Å². The maximum absolute atomic E-state index is 13.1. The molecule has 3 amide bonds. The second-order valence-corrected chi connectivity index (χ2v) is 7.67. The predicted octanol–water partition coefficient (Wildman–Crippen LogP) is 3.23. The van der Waals surface area contributed by atoms with Crippen molar-refractivity contribution in [3.8, 4) is 5.75 Å². The molecule has 2 fully saturated rings. The van der Waals surface area contributed by atoms with Gasteiger partial charge >= 0.3 is 6.18 Å². The first-order valence-electron chi connectivity index (χ1n) is 10.2. The third kappa shape index (κ3) is 5.36. The molecule has 1 aromatic rings. The molecule has 2 aliphatic rings. The van der Waals surface area contributed by atoms with Gasteiger partial charge in [-0.15, -0.1) is 0 Å². The summed E-state index contributed by atoms with van der Waals surface area (Å²) in [7, 11) is 1.45. The van der Waals surface area contributed by atoms with Gasteiger partial charge in [0.15, 0.2) is 0 Å². The number of likely N-dealkylation sites (tertiary alicyclic amines) is 1. The number of nitrogens with zero attached hydrogens (tertiary/aromatic N) is 1. The summed E-state index contributed by atoms with van der Waals surface area (Å²) in [5.74, 6) is -1.69. The number of hydrogen-bond donors (Lipinski definition) is 1. The van der Waals surface area contributed by atoms with E-state index in [1.54, 1.807) is 0 Å². The first-order chi connectivity index (χ1) is 14.7. The lowest BCUT2D eigenvalue weighted by Gasteiger charge is -2.19. The molecular formula is C21H25F3N2O5. The second-order valence-electron chi connectivity index (χ2n) is 7.67. The van der Waals surface area contributed by atoms with Crippen molar-refractivity contribution in [2.24, 2.45) is 11.8 Å². The minimum atomic E-state index is -4.59. The third-order valence-electron chi connectivity index (χ3n) is 5.62. The molecule has 2 atom stereocenters. The van der Waals surface area contributed by atoms with Gasteiger partial charge < -0.3 is 14.8 Å². The van der Waals surface area contributed by atoms with Crippen molar-refractivity contribution in [3.05, 3.63) is 23.8 Å². The number of rotatable bonds is 8. The number of fused-ring (bicyclic) bond motifs is 1. The van der Waals surface area contributed by atoms with E-state index < -0.39 is 17.6 Å². The molecule has 7 nitrogen and oxygen atoms in total. The molecule has 0 spiro atoms. The fourth-order valence-electron chi connectivity index (χ4n) is 4.04. The lowest BCUT2D eigenvalue weighted by molar-refractivity contribution is -0.140. The van der Waals surface area contributed by atoms with E-state index in [2.05, 4.69) is 5.32 Å². The van der Waals surface area contributed by atoms with E-state index >= 15 is 0 Å². The fraction of sp³-hybridized carbons (Fsp3) is 0.571. The van der Waals surface area contributed by atoms with Gasteiger partial charge in [0.25, 0.3) is 0 Å². The third-order valence-corrected chi connectivity index (χ3v) is 5.62. The highest BCUT2D eigenvalue weighted by Gasteiger charge is 2.47. The van der Waals surface area contributed by atoms with Crippen molar-refractivity contribution in [2.75, 3.05) is 32.2 Å². The standard InChI is InChI=1S/C21H25F3N2O5/c1-30-10-11-31-17-7-6-13(21(22,23)24)12-16(17)25-18(27)8-9-26-19(28)14-4-2-3-5-15(14)20(26)29/h6-7,12,14-15H,2-5,8-11H2,1H3,(H,25,27)/t14-,15-/m1/s1. The normalized spacial score (nSPS) is 21.2. The summed E-state index contributed by atoms with van der Waals surface area (Å²) in [6.07, 6.45) is -1.67. The van der Waals surface area contributed by atoms with Crippen LogP contribution in [0.5, 0.6) is 5.75 Å². The highest BCUT2D eigenvalue weighted by atomic mass is 19.4. The van der Waals surface area contributed by atoms with Crippen molar-refractivity contribution in [1.29, 1.82) is 0 Å². The second kappa shape index (κ2) is 9.67. The van der Waals surface area contributed by atoms with Crippen molar-refractivity contribution >= 4 is 23.4 Å². The summed E-state index contributed by atoms with van der Waals surface area (Å²) in [6.45, 7) is 0.204. The van der Waals surface area contributed by atoms with Gasteiger partial charge in [0.2, 0.25) is 17.7 Å². The maximum atomic E-state index is 13.1. The number of nitrogens with one attached hydrogen (secondary N) is 1. The Bertz CT molecular complexity index is 819. The van der Waals surface area contributed by atoms with Crippen LogP contribution in [0.4, 0.5) is 18.9 Å². The van der Waals surface area contributed by atoms with Gasteiger partial charge in [-0.25, -0.2) is 0 Å². The number of carbonyl (C=O) groups excluding carboxylic acids is 3. The summed E-state index contributed by atoms with van der Waals surface area (Å²) in [5.41, 5.74) is -1.07. The number of ether oxygens (including phenoxy) is 2. The number of anilines is 1. The SMILES string of the molecule is COCCOc1ccc(C(F)(F)F)cc1NC(=O)CCN1C(=O)[C@@H]2CCCC[C@H]2C1=O. The zero-order valence-corrected chi connectivity index (χ0v) is 17.2. The molecule has 0 aromatic heterocycles. The van der Waals surface area contributed by atoms with Gasteiger partial charge in [-0.3, -0.25) is 19.3 Å². The summed E-state index contributed by atoms with van der Waals surface area (Å²) >= 11 is 0. The fourth-order valence-corrected chi connectivity index (χ4v) is 4.04. The van der Waals surface area contributed by atoms with Gasteiger partial charge in [0.05, 0.1) is 29.7 Å². The number of amides is 3. The molecule has 0 unspecified atom stereocenters. The first-order valence-corrected chi connectivity index (χ1v) is 10.2. The van der Waals surface area contributed by atoms with Crippen molar-refractivity contribution in [3.63, 3.8) is 0 Å². The summed E-state index contributed by atoms with van der Waals surface area (Å²) in [5, 5.41) is 2.41. The molecule has 3 rings (SSSR count). The van der Waals surface area contributed by atoms with Crippen molar-refractivity contribution in [2.45, 2.75) is 38.3 Å². The molecule has 0 radical (unpaired) electrons. The minimum absolute atomic E-state index is 0.0674. The summed E-state index contributed by atoms with van der Waals surface area (Å²) < 4.78 is 49.5. The molecule has 1 saturated heterocycles. The van der Waals surface area contributed by atoms with Crippen LogP contribution in [0.2, 0.25) is 0 Å². The quantitative estimate of drug-likeness (QED) is 0.494. The Morgan fingerprint density at radius 2 is 1.77 bits per heavy atom. The number of hydrogen-bond acceptors (Lipinski definition) is 5. The van der Waals surface area contributed by atoms with E-state index in [0.717, 1.165) is 35.9 Å². The molecule has 0 bridgehead atoms. The Kier molecular flexibility index (Phi) is 7.19. The van der Waals surface area contributed by atoms with Crippen molar-refractivity contribution < 1.29 is 37.0 Å². The van der Waals surface area contributed by atoms with Gasteiger partial charge in [0, 0.05) is 20.1 Å². The van der Waals surface area contributed by atoms with Crippen LogP contribution in [0, 0.1) is 11.8 Å². The summed E-state index contributed by atoms with van der Waals surface area (Å²) in [4.78, 5) is 38.5. The zero-order chi connectivity index (χ0) is 22.6. The zero-order valence-electron chi connectivity index (χ0n) is 17.2. The first kappa shape index (κ1) is 23.1. The van der Waals surface area contributed by atoms with Crippen LogP contribution in [-0.2, 0) is 25.3 Å². The molecule has 31 heavy (non-hydrogen) atoms. The Morgan fingerprint density at radius 1 is 1.13 bits per heavy atom. The number of methoxy groups -OCH3 is 1. The van der Waals surface area contributed by atoms with E-state index in [4.69, 9.17) is 9.47 Å². The van der Waals surface area contributed by atoms with E-state index in [1.807, 2.05) is 0 Å². The highest BCUT2D eigenvalue weighted by Crippen LogP contribution is 2.38. The highest BCUT2D eigenvalue weighted by molar-refractivity contribution is 6.05. The van der Waals surface area contributed by atoms with Crippen LogP contribution in [0.3, 0.4) is 0 Å². The topological polar surface area (TPSA) is 84.9 Å². The van der Waals surface area contributed by atoms with E-state index in [-0.39, 0.29) is 61.3 Å². The van der Waals surface area contributed by atoms with Crippen LogP contribution in [0.1, 0.15) is 37.7 Å². The number of imide groups is 1. The molecule has 170 valence electrons. The Labute approximate surface area is 177 Å². The maximum Gasteiger partial charge on any atom is 0.416 e. The average Bonchev–Trinajstić information content (AvgIpc) is 2.97. The lowest BCUT2D eigenvalue weighted by atomic mass is 9.81. The molecule has 1 aliphatic heterocycles. The number of halogens is 3. The Morgan fingerprint density at radius 3 is 2.35 bits per heavy atom. The predicted molar refractivity (Wildman–Crippen MR) is 104 cm³/mol. The number of alkyl halides is 3. The Balaban J connectivity index is 1.66. The number of benzene rings is 1. The van der Waals surface area contributed by atoms with Crippen LogP contribution in [0.25, 0.3) is 0 Å². The average molecular weight is 442 g/mol. The largest absolute Gasteiger partial charge is 0.489 e. The van der Waals surface area contributed by atoms with Crippen LogP contribution < -0.4 is 10.1 Å². The van der Waals surface area contributed by atoms with Crippen molar-refractivity contribution in [1.82, 2.24) is 4.90 Å². The molecule has 1 heterocycles. The lowest BCUT2D eigenvalue weighted by Crippen LogP contribution is -2.34. The van der Waals surface area contributed by atoms with Crippen LogP contribution in [0.15, 0.2) is 18.2 Å². The van der Waals surface area contributed by atoms with Gasteiger partial charge in [-0.1, -0.05) is 12.8 Å². The van der Waals surface area contributed by atoms with E-state index in [1.165, 1.54) is 7.11 Å². The molecule has 1 aliphatic carbocycles. The molecule has 10 heteroatoms. The van der Waals surface area contributed by atoms with Gasteiger partial charge in [0.1, 0.15) is 12.4 Å². The smallest absolute Gasteiger partial charge is 0.416 e. The molecule has 1 saturated carbocycles.